The predicted octanol–water partition coefficient (Wildman–Crippen LogP) is 3.04. The standard InChI is InChI=1S/C23H32N4O4/c1-16(26-14-20-6-4-8-30-20)24-12-18-10-19(23(28)22(11-18)29-3)13-25-17(2)27-15-21-7-5-9-31-21/h4-11,16-17,24-28H,12-15H2,1-3H3. The van der Waals surface area contributed by atoms with E-state index in [1.54, 1.807) is 19.6 Å². The molecule has 2 heterocycles. The number of rotatable bonds is 13. The highest BCUT2D eigenvalue weighted by Crippen LogP contribution is 2.31. The van der Waals surface area contributed by atoms with E-state index in [0.717, 1.165) is 22.6 Å². The van der Waals surface area contributed by atoms with Crippen molar-refractivity contribution in [3.05, 3.63) is 71.6 Å². The number of hydrogen-bond donors (Lipinski definition) is 5. The van der Waals surface area contributed by atoms with Crippen LogP contribution in [0.25, 0.3) is 0 Å². The van der Waals surface area contributed by atoms with Crippen LogP contribution in [0.3, 0.4) is 0 Å². The van der Waals surface area contributed by atoms with Gasteiger partial charge in [-0.05, 0) is 55.8 Å². The summed E-state index contributed by atoms with van der Waals surface area (Å²) >= 11 is 0. The van der Waals surface area contributed by atoms with Crippen molar-refractivity contribution in [2.75, 3.05) is 7.11 Å². The van der Waals surface area contributed by atoms with E-state index in [4.69, 9.17) is 13.6 Å². The molecule has 31 heavy (non-hydrogen) atoms. The second-order valence-electron chi connectivity index (χ2n) is 7.43. The third-order valence-corrected chi connectivity index (χ3v) is 4.97. The van der Waals surface area contributed by atoms with Gasteiger partial charge in [-0.25, -0.2) is 0 Å². The van der Waals surface area contributed by atoms with Gasteiger partial charge in [0.1, 0.15) is 11.5 Å². The Hall–Kier alpha value is -2.78. The van der Waals surface area contributed by atoms with E-state index in [9.17, 15) is 5.11 Å². The molecule has 0 radical (unpaired) electrons. The average molecular weight is 429 g/mol. The molecule has 0 saturated carbocycles. The summed E-state index contributed by atoms with van der Waals surface area (Å²) in [5.41, 5.74) is 1.80. The number of phenols is 1. The zero-order valence-electron chi connectivity index (χ0n) is 18.3. The van der Waals surface area contributed by atoms with Crippen LogP contribution in [0.5, 0.6) is 11.5 Å². The van der Waals surface area contributed by atoms with Gasteiger partial charge >= 0.3 is 0 Å². The first kappa shape index (κ1) is 22.9. The predicted molar refractivity (Wildman–Crippen MR) is 118 cm³/mol. The van der Waals surface area contributed by atoms with Crippen molar-refractivity contribution >= 4 is 0 Å². The van der Waals surface area contributed by atoms with Crippen LogP contribution in [0, 0.1) is 0 Å². The number of methoxy groups -OCH3 is 1. The minimum atomic E-state index is 0.0306. The summed E-state index contributed by atoms with van der Waals surface area (Å²) in [6.45, 7) is 6.47. The first-order chi connectivity index (χ1) is 15.0. The Morgan fingerprint density at radius 2 is 1.39 bits per heavy atom. The number of hydrogen-bond acceptors (Lipinski definition) is 8. The first-order valence-corrected chi connectivity index (χ1v) is 10.4. The van der Waals surface area contributed by atoms with Crippen molar-refractivity contribution in [2.45, 2.75) is 52.4 Å². The Kier molecular flexibility index (Phi) is 8.54. The third kappa shape index (κ3) is 7.15. The van der Waals surface area contributed by atoms with E-state index in [1.807, 2.05) is 43.3 Å². The number of ether oxygens (including phenoxy) is 1. The Morgan fingerprint density at radius 3 is 1.90 bits per heavy atom. The van der Waals surface area contributed by atoms with Crippen molar-refractivity contribution in [1.29, 1.82) is 0 Å². The average Bonchev–Trinajstić information content (AvgIpc) is 3.48. The molecule has 0 aliphatic rings. The molecule has 1 aromatic carbocycles. The SMILES string of the molecule is COc1cc(CNC(C)NCc2ccco2)cc(CNC(C)NCc2ccco2)c1O. The fourth-order valence-electron chi connectivity index (χ4n) is 3.13. The van der Waals surface area contributed by atoms with Gasteiger partial charge in [0, 0.05) is 18.7 Å². The summed E-state index contributed by atoms with van der Waals surface area (Å²) in [4.78, 5) is 0. The molecule has 0 bridgehead atoms. The van der Waals surface area contributed by atoms with Crippen molar-refractivity contribution < 1.29 is 18.7 Å². The lowest BCUT2D eigenvalue weighted by Gasteiger charge is -2.19. The van der Waals surface area contributed by atoms with Gasteiger partial charge < -0.3 is 18.7 Å². The smallest absolute Gasteiger partial charge is 0.162 e. The van der Waals surface area contributed by atoms with E-state index < -0.39 is 0 Å². The molecule has 0 aliphatic carbocycles. The Bertz CT molecular complexity index is 897. The highest BCUT2D eigenvalue weighted by molar-refractivity contribution is 5.48. The molecule has 3 aromatic rings. The van der Waals surface area contributed by atoms with E-state index in [2.05, 4.69) is 28.2 Å². The van der Waals surface area contributed by atoms with Crippen LogP contribution in [-0.4, -0.2) is 24.5 Å². The molecule has 8 heteroatoms. The second-order valence-corrected chi connectivity index (χ2v) is 7.43. The van der Waals surface area contributed by atoms with Gasteiger partial charge in [-0.3, -0.25) is 21.3 Å². The summed E-state index contributed by atoms with van der Waals surface area (Å²) in [5, 5.41) is 24.0. The Balaban J connectivity index is 1.51. The van der Waals surface area contributed by atoms with E-state index >= 15 is 0 Å². The highest BCUT2D eigenvalue weighted by Gasteiger charge is 2.13. The topological polar surface area (TPSA) is 104 Å². The fourth-order valence-corrected chi connectivity index (χ4v) is 3.13. The van der Waals surface area contributed by atoms with Gasteiger partial charge in [0.25, 0.3) is 0 Å². The van der Waals surface area contributed by atoms with E-state index in [-0.39, 0.29) is 18.1 Å². The molecule has 5 N–H and O–H groups in total. The lowest BCUT2D eigenvalue weighted by molar-refractivity contribution is 0.364. The molecule has 0 aliphatic heterocycles. The number of benzene rings is 1. The van der Waals surface area contributed by atoms with Crippen LogP contribution >= 0.6 is 0 Å². The molecule has 0 fully saturated rings. The highest BCUT2D eigenvalue weighted by atomic mass is 16.5. The van der Waals surface area contributed by atoms with Crippen molar-refractivity contribution in [2.24, 2.45) is 0 Å². The molecular formula is C23H32N4O4. The number of phenolic OH excluding ortho intramolecular Hbond substituents is 1. The molecule has 2 aromatic heterocycles. The van der Waals surface area contributed by atoms with Gasteiger partial charge in [0.2, 0.25) is 0 Å². The molecule has 8 nitrogen and oxygen atoms in total. The first-order valence-electron chi connectivity index (χ1n) is 10.4. The van der Waals surface area contributed by atoms with Crippen LogP contribution in [0.1, 0.15) is 36.5 Å². The van der Waals surface area contributed by atoms with Crippen molar-refractivity contribution in [3.63, 3.8) is 0 Å². The minimum absolute atomic E-state index is 0.0306. The third-order valence-electron chi connectivity index (χ3n) is 4.97. The van der Waals surface area contributed by atoms with Gasteiger partial charge in [0.15, 0.2) is 11.5 Å². The summed E-state index contributed by atoms with van der Waals surface area (Å²) in [6.07, 6.45) is 3.44. The lowest BCUT2D eigenvalue weighted by Crippen LogP contribution is -2.39. The lowest BCUT2D eigenvalue weighted by atomic mass is 10.1. The molecule has 0 amide bonds. The van der Waals surface area contributed by atoms with E-state index in [0.29, 0.717) is 31.9 Å². The molecule has 2 unspecified atom stereocenters. The van der Waals surface area contributed by atoms with Crippen LogP contribution < -0.4 is 26.0 Å². The van der Waals surface area contributed by atoms with Gasteiger partial charge in [-0.15, -0.1) is 0 Å². The molecule has 0 saturated heterocycles. The minimum Gasteiger partial charge on any atom is -0.504 e. The molecule has 0 spiro atoms. The van der Waals surface area contributed by atoms with Crippen LogP contribution in [0.2, 0.25) is 0 Å². The Labute approximate surface area is 183 Å². The molecule has 2 atom stereocenters. The Morgan fingerprint density at radius 1 is 0.839 bits per heavy atom. The van der Waals surface area contributed by atoms with Gasteiger partial charge in [-0.1, -0.05) is 0 Å². The largest absolute Gasteiger partial charge is 0.504 e. The van der Waals surface area contributed by atoms with Gasteiger partial charge in [0.05, 0.1) is 45.1 Å². The maximum Gasteiger partial charge on any atom is 0.162 e. The monoisotopic (exact) mass is 428 g/mol. The summed E-state index contributed by atoms with van der Waals surface area (Å²) < 4.78 is 16.0. The quantitative estimate of drug-likeness (QED) is 0.265. The summed E-state index contributed by atoms with van der Waals surface area (Å²) in [7, 11) is 1.56. The van der Waals surface area contributed by atoms with Crippen molar-refractivity contribution in [3.8, 4) is 11.5 Å². The second kappa shape index (κ2) is 11.6. The van der Waals surface area contributed by atoms with Crippen LogP contribution in [-0.2, 0) is 26.2 Å². The number of furan rings is 2. The molecule has 3 rings (SSSR count). The maximum atomic E-state index is 10.5. The summed E-state index contributed by atoms with van der Waals surface area (Å²) in [6, 6.07) is 11.4. The van der Waals surface area contributed by atoms with Crippen LogP contribution in [0.15, 0.2) is 57.8 Å². The molecule has 168 valence electrons. The fraction of sp³-hybridized carbons (Fsp3) is 0.391. The maximum absolute atomic E-state index is 10.5. The number of nitrogens with one attached hydrogen (secondary N) is 4. The normalized spacial score (nSPS) is 13.3. The van der Waals surface area contributed by atoms with Crippen molar-refractivity contribution in [1.82, 2.24) is 21.3 Å². The number of aromatic hydroxyl groups is 1. The summed E-state index contributed by atoms with van der Waals surface area (Å²) in [5.74, 6) is 2.38. The van der Waals surface area contributed by atoms with Gasteiger partial charge in [-0.2, -0.15) is 0 Å². The zero-order valence-corrected chi connectivity index (χ0v) is 18.3. The van der Waals surface area contributed by atoms with Crippen LogP contribution in [0.4, 0.5) is 0 Å². The molecular weight excluding hydrogens is 396 g/mol. The van der Waals surface area contributed by atoms with E-state index in [1.165, 1.54) is 0 Å². The zero-order chi connectivity index (χ0) is 22.1.